The van der Waals surface area contributed by atoms with Crippen molar-refractivity contribution in [2.75, 3.05) is 24.5 Å². The van der Waals surface area contributed by atoms with Gasteiger partial charge in [-0.3, -0.25) is 0 Å². The number of nitrogens with one attached hydrogen (secondary N) is 1. The van der Waals surface area contributed by atoms with E-state index in [9.17, 15) is 0 Å². The van der Waals surface area contributed by atoms with Crippen molar-refractivity contribution in [1.29, 1.82) is 5.26 Å². The summed E-state index contributed by atoms with van der Waals surface area (Å²) in [5.74, 6) is 0. The first-order valence-corrected chi connectivity index (χ1v) is 7.22. The van der Waals surface area contributed by atoms with Gasteiger partial charge in [-0.15, -0.1) is 0 Å². The molecule has 1 aliphatic rings. The summed E-state index contributed by atoms with van der Waals surface area (Å²) in [7, 11) is 0. The average Bonchev–Trinajstić information content (AvgIpc) is 2.42. The Balaban J connectivity index is 2.24. The minimum Gasteiger partial charge on any atom is -0.367 e. The molecule has 1 aliphatic heterocycles. The zero-order valence-electron chi connectivity index (χ0n) is 10.6. The smallest absolute Gasteiger partial charge is 0.0992 e. The topological polar surface area (TPSA) is 39.1 Å². The SMILES string of the molecule is CCN(c1ccc(C#N)cc1Br)C1CCCNC1. The van der Waals surface area contributed by atoms with Gasteiger partial charge in [0.25, 0.3) is 0 Å². The molecule has 0 aromatic heterocycles. The summed E-state index contributed by atoms with van der Waals surface area (Å²) in [6.45, 7) is 5.33. The van der Waals surface area contributed by atoms with E-state index >= 15 is 0 Å². The molecule has 1 unspecified atom stereocenters. The standard InChI is InChI=1S/C14H18BrN3/c1-2-18(12-4-3-7-17-10-12)14-6-5-11(9-16)8-13(14)15/h5-6,8,12,17H,2-4,7,10H2,1H3. The molecule has 0 radical (unpaired) electrons. The van der Waals surface area contributed by atoms with E-state index in [1.807, 2.05) is 18.2 Å². The number of benzene rings is 1. The highest BCUT2D eigenvalue weighted by molar-refractivity contribution is 9.10. The van der Waals surface area contributed by atoms with Gasteiger partial charge in [-0.25, -0.2) is 0 Å². The fourth-order valence-corrected chi connectivity index (χ4v) is 3.14. The number of nitrogens with zero attached hydrogens (tertiary/aromatic N) is 2. The van der Waals surface area contributed by atoms with Crippen LogP contribution in [-0.4, -0.2) is 25.7 Å². The largest absolute Gasteiger partial charge is 0.367 e. The quantitative estimate of drug-likeness (QED) is 0.933. The lowest BCUT2D eigenvalue weighted by atomic mass is 10.0. The molecule has 4 heteroatoms. The minimum atomic E-state index is 0.549. The Labute approximate surface area is 117 Å². The molecule has 18 heavy (non-hydrogen) atoms. The summed E-state index contributed by atoms with van der Waals surface area (Å²) in [6.07, 6.45) is 2.46. The van der Waals surface area contributed by atoms with Crippen molar-refractivity contribution in [3.8, 4) is 6.07 Å². The predicted molar refractivity (Wildman–Crippen MR) is 77.8 cm³/mol. The third kappa shape index (κ3) is 2.85. The number of piperidine rings is 1. The van der Waals surface area contributed by atoms with Crippen molar-refractivity contribution in [2.45, 2.75) is 25.8 Å². The number of hydrogen-bond donors (Lipinski definition) is 1. The Morgan fingerprint density at radius 2 is 2.39 bits per heavy atom. The number of halogens is 1. The van der Waals surface area contributed by atoms with Crippen LogP contribution in [0.2, 0.25) is 0 Å². The van der Waals surface area contributed by atoms with Crippen LogP contribution in [0.5, 0.6) is 0 Å². The third-order valence-electron chi connectivity index (χ3n) is 3.44. The molecule has 1 N–H and O–H groups in total. The highest BCUT2D eigenvalue weighted by Crippen LogP contribution is 2.29. The Bertz CT molecular complexity index is 447. The van der Waals surface area contributed by atoms with Crippen LogP contribution in [0, 0.1) is 11.3 Å². The number of likely N-dealkylation sites (N-methyl/N-ethyl adjacent to an activating group) is 1. The molecule has 1 aromatic carbocycles. The van der Waals surface area contributed by atoms with Gasteiger partial charge in [0, 0.05) is 23.6 Å². The summed E-state index contributed by atoms with van der Waals surface area (Å²) in [4.78, 5) is 2.41. The maximum atomic E-state index is 8.90. The van der Waals surface area contributed by atoms with Crippen molar-refractivity contribution >= 4 is 21.6 Å². The third-order valence-corrected chi connectivity index (χ3v) is 4.07. The van der Waals surface area contributed by atoms with Gasteiger partial charge in [-0.2, -0.15) is 5.26 Å². The lowest BCUT2D eigenvalue weighted by molar-refractivity contribution is 0.435. The number of rotatable bonds is 3. The van der Waals surface area contributed by atoms with Gasteiger partial charge >= 0.3 is 0 Å². The molecule has 0 bridgehead atoms. The van der Waals surface area contributed by atoms with E-state index in [4.69, 9.17) is 5.26 Å². The fraction of sp³-hybridized carbons (Fsp3) is 0.500. The molecule has 1 fully saturated rings. The fourth-order valence-electron chi connectivity index (χ4n) is 2.53. The normalized spacial score (nSPS) is 19.3. The summed E-state index contributed by atoms with van der Waals surface area (Å²) in [5.41, 5.74) is 1.88. The first kappa shape index (κ1) is 13.4. The molecule has 0 aliphatic carbocycles. The van der Waals surface area contributed by atoms with E-state index in [1.165, 1.54) is 18.5 Å². The van der Waals surface area contributed by atoms with Crippen molar-refractivity contribution in [3.63, 3.8) is 0 Å². The lowest BCUT2D eigenvalue weighted by Crippen LogP contribution is -2.46. The van der Waals surface area contributed by atoms with Gasteiger partial charge in [-0.1, -0.05) is 0 Å². The zero-order valence-corrected chi connectivity index (χ0v) is 12.2. The number of hydrogen-bond acceptors (Lipinski definition) is 3. The molecule has 0 spiro atoms. The van der Waals surface area contributed by atoms with Crippen molar-refractivity contribution < 1.29 is 0 Å². The zero-order chi connectivity index (χ0) is 13.0. The van der Waals surface area contributed by atoms with E-state index in [1.54, 1.807) is 0 Å². The summed E-state index contributed by atoms with van der Waals surface area (Å²) < 4.78 is 1.01. The minimum absolute atomic E-state index is 0.549. The van der Waals surface area contributed by atoms with Crippen LogP contribution in [0.4, 0.5) is 5.69 Å². The Hall–Kier alpha value is -1.05. The van der Waals surface area contributed by atoms with E-state index in [0.717, 1.165) is 24.1 Å². The molecule has 96 valence electrons. The van der Waals surface area contributed by atoms with Crippen LogP contribution >= 0.6 is 15.9 Å². The highest BCUT2D eigenvalue weighted by Gasteiger charge is 2.21. The van der Waals surface area contributed by atoms with Crippen molar-refractivity contribution in [2.24, 2.45) is 0 Å². The first-order chi connectivity index (χ1) is 8.76. The second kappa shape index (κ2) is 6.21. The van der Waals surface area contributed by atoms with E-state index in [2.05, 4.69) is 39.1 Å². The van der Waals surface area contributed by atoms with Crippen LogP contribution in [0.3, 0.4) is 0 Å². The summed E-state index contributed by atoms with van der Waals surface area (Å²) in [5, 5.41) is 12.4. The summed E-state index contributed by atoms with van der Waals surface area (Å²) in [6, 6.07) is 8.55. The number of nitriles is 1. The molecule has 2 rings (SSSR count). The maximum absolute atomic E-state index is 8.90. The molecule has 1 saturated heterocycles. The Morgan fingerprint density at radius 3 is 2.94 bits per heavy atom. The Morgan fingerprint density at radius 1 is 1.56 bits per heavy atom. The molecule has 0 amide bonds. The second-order valence-corrected chi connectivity index (χ2v) is 5.42. The van der Waals surface area contributed by atoms with Crippen LogP contribution in [0.25, 0.3) is 0 Å². The molecule has 3 nitrogen and oxygen atoms in total. The van der Waals surface area contributed by atoms with E-state index < -0.39 is 0 Å². The van der Waals surface area contributed by atoms with Crippen molar-refractivity contribution in [1.82, 2.24) is 5.32 Å². The second-order valence-electron chi connectivity index (χ2n) is 4.56. The maximum Gasteiger partial charge on any atom is 0.0992 e. The van der Waals surface area contributed by atoms with Gasteiger partial charge in [0.05, 0.1) is 17.3 Å². The van der Waals surface area contributed by atoms with Crippen LogP contribution < -0.4 is 10.2 Å². The monoisotopic (exact) mass is 307 g/mol. The number of anilines is 1. The first-order valence-electron chi connectivity index (χ1n) is 6.43. The highest BCUT2D eigenvalue weighted by atomic mass is 79.9. The molecule has 1 aromatic rings. The predicted octanol–water partition coefficient (Wildman–Crippen LogP) is 2.90. The Kier molecular flexibility index (Phi) is 4.62. The molecular weight excluding hydrogens is 290 g/mol. The van der Waals surface area contributed by atoms with Gasteiger partial charge in [0.15, 0.2) is 0 Å². The van der Waals surface area contributed by atoms with Crippen LogP contribution in [-0.2, 0) is 0 Å². The van der Waals surface area contributed by atoms with E-state index in [0.29, 0.717) is 11.6 Å². The average molecular weight is 308 g/mol. The van der Waals surface area contributed by atoms with Gasteiger partial charge in [-0.05, 0) is 60.4 Å². The van der Waals surface area contributed by atoms with E-state index in [-0.39, 0.29) is 0 Å². The van der Waals surface area contributed by atoms with Crippen LogP contribution in [0.1, 0.15) is 25.3 Å². The van der Waals surface area contributed by atoms with Crippen molar-refractivity contribution in [3.05, 3.63) is 28.2 Å². The van der Waals surface area contributed by atoms with Gasteiger partial charge < -0.3 is 10.2 Å². The molecule has 1 heterocycles. The molecule has 0 saturated carbocycles. The van der Waals surface area contributed by atoms with Gasteiger partial charge in [0.2, 0.25) is 0 Å². The molecular formula is C14H18BrN3. The van der Waals surface area contributed by atoms with Gasteiger partial charge in [0.1, 0.15) is 0 Å². The lowest BCUT2D eigenvalue weighted by Gasteiger charge is -2.36. The summed E-state index contributed by atoms with van der Waals surface area (Å²) >= 11 is 3.58. The van der Waals surface area contributed by atoms with Crippen LogP contribution in [0.15, 0.2) is 22.7 Å². The molecule has 1 atom stereocenters.